The number of rotatable bonds is 6. The molecule has 224 valence electrons. The molecule has 0 radical (unpaired) electrons. The Balaban J connectivity index is 1.82. The minimum atomic E-state index is -2.75. The van der Waals surface area contributed by atoms with Crippen molar-refractivity contribution >= 4 is 40.7 Å². The van der Waals surface area contributed by atoms with Crippen LogP contribution in [0.5, 0.6) is 5.75 Å². The number of benzene rings is 1. The van der Waals surface area contributed by atoms with Gasteiger partial charge >= 0.3 is 6.09 Å². The Hall–Kier alpha value is -3.55. The first kappa shape index (κ1) is 30.4. The van der Waals surface area contributed by atoms with Gasteiger partial charge in [0.2, 0.25) is 5.91 Å². The van der Waals surface area contributed by atoms with E-state index in [2.05, 4.69) is 5.32 Å². The Bertz CT molecular complexity index is 1310. The van der Waals surface area contributed by atoms with Crippen molar-refractivity contribution in [3.63, 3.8) is 0 Å². The molecule has 1 aromatic rings. The largest absolute Gasteiger partial charge is 0.505 e. The van der Waals surface area contributed by atoms with E-state index in [0.717, 1.165) is 0 Å². The van der Waals surface area contributed by atoms with E-state index in [4.69, 9.17) is 10.5 Å². The number of carbonyl (C=O) groups is 5. The number of hydrogen-bond donors (Lipinski definition) is 5. The lowest BCUT2D eigenvalue weighted by molar-refractivity contribution is -0.190. The molecule has 6 N–H and O–H groups in total. The molecule has 0 spiro atoms. The van der Waals surface area contributed by atoms with Crippen LogP contribution in [-0.2, 0) is 25.5 Å². The van der Waals surface area contributed by atoms with Gasteiger partial charge in [0.1, 0.15) is 11.7 Å². The van der Waals surface area contributed by atoms with Gasteiger partial charge in [0.15, 0.2) is 23.0 Å². The number of likely N-dealkylation sites (N-methyl/N-ethyl adjacent to an activating group) is 1. The number of aromatic hydroxyl groups is 1. The highest BCUT2D eigenvalue weighted by Crippen LogP contribution is 2.53. The number of primary amides is 1. The van der Waals surface area contributed by atoms with Gasteiger partial charge in [-0.2, -0.15) is 0 Å². The molecule has 41 heavy (non-hydrogen) atoms. The SMILES string of the molecule is CC(C)COC(=O)Nc1cc(N(C)C)c2c(c1O)C(=O)C1C(=O)[C@@]3(O)C(=O)C(C(N)=O)C(O)[C@H](N(C)C)[C@H]3C[C@H]1C2. The summed E-state index contributed by atoms with van der Waals surface area (Å²) in [6, 6.07) is 0.523. The van der Waals surface area contributed by atoms with Gasteiger partial charge < -0.3 is 35.6 Å². The van der Waals surface area contributed by atoms with Gasteiger partial charge in [0, 0.05) is 31.7 Å². The number of amides is 2. The molecule has 3 unspecified atom stereocenters. The van der Waals surface area contributed by atoms with Crippen molar-refractivity contribution in [2.75, 3.05) is 45.0 Å². The van der Waals surface area contributed by atoms with E-state index in [1.54, 1.807) is 33.1 Å². The number of aliphatic hydroxyl groups is 2. The molecule has 3 aliphatic rings. The van der Waals surface area contributed by atoms with Crippen molar-refractivity contribution in [3.8, 4) is 5.75 Å². The number of Topliss-reactive ketones (excluding diaryl/α,β-unsaturated/α-hetero) is 3. The molecule has 1 aromatic carbocycles. The average molecular weight is 575 g/mol. The summed E-state index contributed by atoms with van der Waals surface area (Å²) in [6.07, 6.45) is -2.27. The van der Waals surface area contributed by atoms with E-state index in [-0.39, 0.29) is 36.6 Å². The van der Waals surface area contributed by atoms with E-state index in [0.29, 0.717) is 11.3 Å². The highest BCUT2D eigenvalue weighted by Gasteiger charge is 2.69. The maximum Gasteiger partial charge on any atom is 0.411 e. The maximum atomic E-state index is 14.0. The van der Waals surface area contributed by atoms with Crippen LogP contribution in [0, 0.1) is 29.6 Å². The molecule has 7 atom stereocenters. The molecule has 0 aromatic heterocycles. The van der Waals surface area contributed by atoms with E-state index in [1.807, 2.05) is 13.8 Å². The van der Waals surface area contributed by atoms with Crippen molar-refractivity contribution in [1.82, 2.24) is 4.90 Å². The van der Waals surface area contributed by atoms with Gasteiger partial charge in [-0.15, -0.1) is 0 Å². The number of ether oxygens (including phenoxy) is 1. The summed E-state index contributed by atoms with van der Waals surface area (Å²) < 4.78 is 5.14. The Morgan fingerprint density at radius 1 is 1.17 bits per heavy atom. The first-order valence-corrected chi connectivity index (χ1v) is 13.5. The van der Waals surface area contributed by atoms with Gasteiger partial charge in [0.25, 0.3) is 0 Å². The standard InChI is InChI=1S/C28H38N4O9/c1-11(2)10-41-27(39)30-15-9-16(31(3)4)13-7-12-8-14-20(32(5)6)23(35)19(26(29)38)25(37)28(14,40)24(36)17(12)22(34)18(13)21(15)33/h9,11-12,14,17,19-20,23,33,35,40H,7-8,10H2,1-6H3,(H2,29,38)(H,30,39)/t12-,14-,17?,19?,20-,23?,28-/m1/s1. The normalized spacial score (nSPS) is 30.9. The maximum absolute atomic E-state index is 14.0. The molecule has 3 aliphatic carbocycles. The van der Waals surface area contributed by atoms with Gasteiger partial charge in [0.05, 0.1) is 29.9 Å². The van der Waals surface area contributed by atoms with Crippen LogP contribution < -0.4 is 16.0 Å². The quantitative estimate of drug-likeness (QED) is 0.225. The number of fused-ring (bicyclic) bond motifs is 3. The van der Waals surface area contributed by atoms with Crippen LogP contribution in [0.25, 0.3) is 0 Å². The molecule has 0 aliphatic heterocycles. The third-order valence-corrected chi connectivity index (χ3v) is 8.53. The first-order valence-electron chi connectivity index (χ1n) is 13.5. The fourth-order valence-electron chi connectivity index (χ4n) is 6.75. The highest BCUT2D eigenvalue weighted by atomic mass is 16.5. The number of ketones is 3. The summed E-state index contributed by atoms with van der Waals surface area (Å²) in [5, 5.41) is 36.3. The molecular weight excluding hydrogens is 536 g/mol. The second-order valence-electron chi connectivity index (χ2n) is 12.1. The highest BCUT2D eigenvalue weighted by molar-refractivity contribution is 6.26. The summed E-state index contributed by atoms with van der Waals surface area (Å²) in [5.41, 5.74) is 3.30. The van der Waals surface area contributed by atoms with Gasteiger partial charge in [-0.3, -0.25) is 24.5 Å². The Morgan fingerprint density at radius 2 is 1.80 bits per heavy atom. The topological polar surface area (TPSA) is 200 Å². The van der Waals surface area contributed by atoms with E-state index in [9.17, 15) is 39.3 Å². The Kier molecular flexibility index (Phi) is 7.93. The molecule has 0 heterocycles. The lowest BCUT2D eigenvalue weighted by Crippen LogP contribution is -2.75. The first-order chi connectivity index (χ1) is 19.0. The zero-order valence-electron chi connectivity index (χ0n) is 24.0. The third-order valence-electron chi connectivity index (χ3n) is 8.53. The van der Waals surface area contributed by atoms with E-state index in [1.165, 1.54) is 11.0 Å². The number of hydrogen-bond acceptors (Lipinski definition) is 11. The summed E-state index contributed by atoms with van der Waals surface area (Å²) >= 11 is 0. The zero-order valence-corrected chi connectivity index (χ0v) is 24.0. The minimum Gasteiger partial charge on any atom is -0.505 e. The molecule has 4 rings (SSSR count). The van der Waals surface area contributed by atoms with Crippen molar-refractivity contribution in [2.45, 2.75) is 44.4 Å². The smallest absolute Gasteiger partial charge is 0.411 e. The molecule has 0 saturated heterocycles. The number of nitrogens with two attached hydrogens (primary N) is 1. The predicted octanol–water partition coefficient (Wildman–Crippen LogP) is -0.0707. The molecule has 2 amide bonds. The number of aliphatic hydroxyl groups excluding tert-OH is 1. The van der Waals surface area contributed by atoms with Crippen LogP contribution in [0.15, 0.2) is 6.07 Å². The van der Waals surface area contributed by atoms with Crippen LogP contribution in [0.2, 0.25) is 0 Å². The van der Waals surface area contributed by atoms with Crippen molar-refractivity contribution < 1.29 is 44.0 Å². The molecule has 13 heteroatoms. The molecule has 2 fully saturated rings. The molecule has 2 saturated carbocycles. The number of phenols is 1. The number of carbonyl (C=O) groups excluding carboxylic acids is 5. The minimum absolute atomic E-state index is 0.00434. The second kappa shape index (κ2) is 10.7. The number of anilines is 2. The van der Waals surface area contributed by atoms with Crippen LogP contribution in [0.3, 0.4) is 0 Å². The van der Waals surface area contributed by atoms with E-state index < -0.39 is 76.5 Å². The molecule has 0 bridgehead atoms. The summed E-state index contributed by atoms with van der Waals surface area (Å²) in [7, 11) is 6.61. The van der Waals surface area contributed by atoms with Gasteiger partial charge in [-0.05, 0) is 50.4 Å². The molecule has 13 nitrogen and oxygen atoms in total. The van der Waals surface area contributed by atoms with Gasteiger partial charge in [-0.25, -0.2) is 4.79 Å². The van der Waals surface area contributed by atoms with Crippen LogP contribution in [-0.4, -0.2) is 102 Å². The Morgan fingerprint density at radius 3 is 2.34 bits per heavy atom. The van der Waals surface area contributed by atoms with Crippen LogP contribution in [0.1, 0.15) is 36.2 Å². The van der Waals surface area contributed by atoms with Crippen molar-refractivity contribution in [3.05, 3.63) is 17.2 Å². The Labute approximate surface area is 237 Å². The number of nitrogens with zero attached hydrogens (tertiary/aromatic N) is 2. The number of nitrogens with one attached hydrogen (secondary N) is 1. The van der Waals surface area contributed by atoms with E-state index >= 15 is 0 Å². The van der Waals surface area contributed by atoms with Crippen molar-refractivity contribution in [1.29, 1.82) is 0 Å². The fraction of sp³-hybridized carbons (Fsp3) is 0.607. The zero-order chi connectivity index (χ0) is 30.7. The van der Waals surface area contributed by atoms with Crippen LogP contribution in [0.4, 0.5) is 16.2 Å². The number of phenolic OH excluding ortho intramolecular Hbond substituents is 1. The fourth-order valence-corrected chi connectivity index (χ4v) is 6.75. The lowest BCUT2D eigenvalue weighted by atomic mass is 9.52. The lowest BCUT2D eigenvalue weighted by Gasteiger charge is -2.55. The van der Waals surface area contributed by atoms with Crippen molar-refractivity contribution in [2.24, 2.45) is 35.3 Å². The predicted molar refractivity (Wildman–Crippen MR) is 146 cm³/mol. The second-order valence-corrected chi connectivity index (χ2v) is 12.1. The average Bonchev–Trinajstić information content (AvgIpc) is 2.85. The summed E-state index contributed by atoms with van der Waals surface area (Å²) in [5.74, 6) is -9.99. The summed E-state index contributed by atoms with van der Waals surface area (Å²) in [6.45, 7) is 3.83. The van der Waals surface area contributed by atoms with Gasteiger partial charge in [-0.1, -0.05) is 13.8 Å². The third kappa shape index (κ3) is 4.75. The summed E-state index contributed by atoms with van der Waals surface area (Å²) in [4.78, 5) is 69.3. The molecular formula is C28H38N4O9. The monoisotopic (exact) mass is 574 g/mol. The van der Waals surface area contributed by atoms with Crippen LogP contribution >= 0.6 is 0 Å².